The lowest BCUT2D eigenvalue weighted by molar-refractivity contribution is 0.0489. The number of unbranched alkanes of at least 4 members (excludes halogenated alkanes) is 3. The van der Waals surface area contributed by atoms with Gasteiger partial charge < -0.3 is 9.47 Å². The molecule has 0 aromatic heterocycles. The van der Waals surface area contributed by atoms with Crippen molar-refractivity contribution < 1.29 is 19.1 Å². The average Bonchev–Trinajstić information content (AvgIpc) is 2.61. The van der Waals surface area contributed by atoms with Gasteiger partial charge in [-0.1, -0.05) is 50.5 Å². The van der Waals surface area contributed by atoms with Crippen LogP contribution in [0.5, 0.6) is 5.75 Å². The Morgan fingerprint density at radius 3 is 2.28 bits per heavy atom. The van der Waals surface area contributed by atoms with Crippen molar-refractivity contribution in [3.8, 4) is 5.75 Å². The summed E-state index contributed by atoms with van der Waals surface area (Å²) >= 11 is 0. The van der Waals surface area contributed by atoms with Crippen LogP contribution in [0.25, 0.3) is 0 Å². The van der Waals surface area contributed by atoms with Crippen LogP contribution in [0.15, 0.2) is 48.5 Å². The maximum absolute atomic E-state index is 12.4. The standard InChI is InChI=1S/C21H24O4/c1-3-4-5-8-14-24-20(22)18-12-6-7-13-19(18)21(23)25-17-11-9-10-16(2)15-17/h6-7,9-13,15H,3-5,8,14H2,1-2H3. The van der Waals surface area contributed by atoms with Gasteiger partial charge in [-0.25, -0.2) is 9.59 Å². The second kappa shape index (κ2) is 9.62. The summed E-state index contributed by atoms with van der Waals surface area (Å²) in [4.78, 5) is 24.7. The minimum atomic E-state index is -0.566. The molecule has 2 aromatic rings. The molecule has 4 nitrogen and oxygen atoms in total. The number of hydrogen-bond acceptors (Lipinski definition) is 4. The van der Waals surface area contributed by atoms with Crippen LogP contribution in [0.1, 0.15) is 58.9 Å². The molecule has 0 spiro atoms. The maximum Gasteiger partial charge on any atom is 0.344 e. The minimum absolute atomic E-state index is 0.211. The van der Waals surface area contributed by atoms with Gasteiger partial charge in [0, 0.05) is 0 Å². The first kappa shape index (κ1) is 18.7. The van der Waals surface area contributed by atoms with Crippen molar-refractivity contribution in [2.75, 3.05) is 6.61 Å². The Kier molecular flexibility index (Phi) is 7.20. The monoisotopic (exact) mass is 340 g/mol. The Morgan fingerprint density at radius 1 is 0.880 bits per heavy atom. The summed E-state index contributed by atoms with van der Waals surface area (Å²) < 4.78 is 10.7. The van der Waals surface area contributed by atoms with Crippen LogP contribution in [-0.2, 0) is 4.74 Å². The van der Waals surface area contributed by atoms with E-state index in [1.807, 2.05) is 19.1 Å². The van der Waals surface area contributed by atoms with Crippen LogP contribution in [0.3, 0.4) is 0 Å². The van der Waals surface area contributed by atoms with Crippen molar-refractivity contribution in [3.05, 3.63) is 65.2 Å². The van der Waals surface area contributed by atoms with E-state index >= 15 is 0 Å². The predicted octanol–water partition coefficient (Wildman–Crippen LogP) is 4.95. The van der Waals surface area contributed by atoms with E-state index < -0.39 is 11.9 Å². The minimum Gasteiger partial charge on any atom is -0.462 e. The number of carbonyl (C=O) groups excluding carboxylic acids is 2. The van der Waals surface area contributed by atoms with Crippen LogP contribution in [0.4, 0.5) is 0 Å². The molecule has 2 rings (SSSR count). The van der Waals surface area contributed by atoms with E-state index in [0.717, 1.165) is 31.2 Å². The zero-order valence-corrected chi connectivity index (χ0v) is 14.8. The molecule has 0 unspecified atom stereocenters. The van der Waals surface area contributed by atoms with Gasteiger partial charge in [0.15, 0.2) is 0 Å². The number of aryl methyl sites for hydroxylation is 1. The highest BCUT2D eigenvalue weighted by atomic mass is 16.5. The smallest absolute Gasteiger partial charge is 0.344 e. The van der Waals surface area contributed by atoms with Gasteiger partial charge in [0.05, 0.1) is 17.7 Å². The van der Waals surface area contributed by atoms with Crippen molar-refractivity contribution in [2.24, 2.45) is 0 Å². The van der Waals surface area contributed by atoms with Gasteiger partial charge in [0.25, 0.3) is 0 Å². The summed E-state index contributed by atoms with van der Waals surface area (Å²) in [6.45, 7) is 4.41. The van der Waals surface area contributed by atoms with Crippen molar-refractivity contribution in [2.45, 2.75) is 39.5 Å². The zero-order chi connectivity index (χ0) is 18.1. The molecule has 0 amide bonds. The summed E-state index contributed by atoms with van der Waals surface area (Å²) in [7, 11) is 0. The van der Waals surface area contributed by atoms with E-state index in [0.29, 0.717) is 12.4 Å². The van der Waals surface area contributed by atoms with Crippen LogP contribution in [0, 0.1) is 6.92 Å². The largest absolute Gasteiger partial charge is 0.462 e. The number of esters is 2. The van der Waals surface area contributed by atoms with Gasteiger partial charge in [-0.05, 0) is 43.2 Å². The molecule has 0 aliphatic carbocycles. The molecule has 0 aliphatic rings. The Hall–Kier alpha value is -2.62. The summed E-state index contributed by atoms with van der Waals surface area (Å²) in [6, 6.07) is 13.8. The second-order valence-corrected chi connectivity index (χ2v) is 5.95. The lowest BCUT2D eigenvalue weighted by Gasteiger charge is -2.10. The molecular formula is C21H24O4. The normalized spacial score (nSPS) is 10.3. The first-order valence-corrected chi connectivity index (χ1v) is 8.67. The summed E-state index contributed by atoms with van der Waals surface area (Å²) in [5.74, 6) is -0.606. The third kappa shape index (κ3) is 5.75. The highest BCUT2D eigenvalue weighted by Crippen LogP contribution is 2.17. The molecule has 4 heteroatoms. The molecule has 132 valence electrons. The summed E-state index contributed by atoms with van der Waals surface area (Å²) in [5.41, 5.74) is 1.43. The van der Waals surface area contributed by atoms with Crippen LogP contribution < -0.4 is 4.74 Å². The van der Waals surface area contributed by atoms with E-state index in [1.54, 1.807) is 36.4 Å². The van der Waals surface area contributed by atoms with Gasteiger partial charge >= 0.3 is 11.9 Å². The molecule has 0 saturated carbocycles. The van der Waals surface area contributed by atoms with E-state index in [2.05, 4.69) is 6.92 Å². The van der Waals surface area contributed by atoms with Gasteiger partial charge in [-0.2, -0.15) is 0 Å². The topological polar surface area (TPSA) is 52.6 Å². The highest BCUT2D eigenvalue weighted by molar-refractivity contribution is 6.03. The summed E-state index contributed by atoms with van der Waals surface area (Å²) in [6.07, 6.45) is 4.11. The SMILES string of the molecule is CCCCCCOC(=O)c1ccccc1C(=O)Oc1cccc(C)c1. The van der Waals surface area contributed by atoms with Crippen molar-refractivity contribution in [1.29, 1.82) is 0 Å². The molecule has 0 radical (unpaired) electrons. The molecule has 25 heavy (non-hydrogen) atoms. The fraction of sp³-hybridized carbons (Fsp3) is 0.333. The number of hydrogen-bond donors (Lipinski definition) is 0. The fourth-order valence-electron chi connectivity index (χ4n) is 2.45. The Balaban J connectivity index is 2.03. The first-order valence-electron chi connectivity index (χ1n) is 8.67. The molecule has 0 heterocycles. The number of carbonyl (C=O) groups is 2. The van der Waals surface area contributed by atoms with Crippen LogP contribution in [0.2, 0.25) is 0 Å². The molecule has 0 N–H and O–H groups in total. The Bertz CT molecular complexity index is 721. The van der Waals surface area contributed by atoms with E-state index in [9.17, 15) is 9.59 Å². The lowest BCUT2D eigenvalue weighted by atomic mass is 10.1. The Labute approximate surface area is 148 Å². The zero-order valence-electron chi connectivity index (χ0n) is 14.8. The van der Waals surface area contributed by atoms with Gasteiger partial charge in [-0.15, -0.1) is 0 Å². The molecule has 0 fully saturated rings. The van der Waals surface area contributed by atoms with Crippen LogP contribution in [-0.4, -0.2) is 18.5 Å². The Morgan fingerprint density at radius 2 is 1.60 bits per heavy atom. The van der Waals surface area contributed by atoms with Crippen molar-refractivity contribution in [3.63, 3.8) is 0 Å². The highest BCUT2D eigenvalue weighted by Gasteiger charge is 2.19. The van der Waals surface area contributed by atoms with E-state index in [-0.39, 0.29) is 11.1 Å². The van der Waals surface area contributed by atoms with Gasteiger partial charge in [-0.3, -0.25) is 0 Å². The van der Waals surface area contributed by atoms with Gasteiger partial charge in [0.1, 0.15) is 5.75 Å². The third-order valence-electron chi connectivity index (χ3n) is 3.80. The molecule has 0 aliphatic heterocycles. The molecule has 0 atom stereocenters. The number of rotatable bonds is 8. The van der Waals surface area contributed by atoms with Gasteiger partial charge in [0.2, 0.25) is 0 Å². The van der Waals surface area contributed by atoms with Crippen molar-refractivity contribution >= 4 is 11.9 Å². The second-order valence-electron chi connectivity index (χ2n) is 5.95. The molecule has 0 bridgehead atoms. The number of benzene rings is 2. The molecular weight excluding hydrogens is 316 g/mol. The maximum atomic E-state index is 12.4. The quantitative estimate of drug-likeness (QED) is 0.387. The van der Waals surface area contributed by atoms with E-state index in [4.69, 9.17) is 9.47 Å². The molecule has 0 saturated heterocycles. The summed E-state index contributed by atoms with van der Waals surface area (Å²) in [5, 5.41) is 0. The van der Waals surface area contributed by atoms with E-state index in [1.165, 1.54) is 0 Å². The first-order chi connectivity index (χ1) is 12.1. The molecule has 2 aromatic carbocycles. The van der Waals surface area contributed by atoms with Crippen molar-refractivity contribution in [1.82, 2.24) is 0 Å². The number of ether oxygens (including phenoxy) is 2. The third-order valence-corrected chi connectivity index (χ3v) is 3.80. The van der Waals surface area contributed by atoms with Crippen LogP contribution >= 0.6 is 0 Å². The lowest BCUT2D eigenvalue weighted by Crippen LogP contribution is -2.16. The predicted molar refractivity (Wildman–Crippen MR) is 97.0 cm³/mol. The fourth-order valence-corrected chi connectivity index (χ4v) is 2.45. The average molecular weight is 340 g/mol.